The van der Waals surface area contributed by atoms with Crippen molar-refractivity contribution in [3.05, 3.63) is 18.3 Å². The summed E-state index contributed by atoms with van der Waals surface area (Å²) in [4.78, 5) is 8.51. The monoisotopic (exact) mass is 249 g/mol. The first-order valence-electron chi connectivity index (χ1n) is 6.01. The minimum atomic E-state index is 0.0997. The molecule has 2 aromatic rings. The van der Waals surface area contributed by atoms with Crippen LogP contribution in [-0.2, 0) is 13.5 Å². The van der Waals surface area contributed by atoms with Crippen molar-refractivity contribution in [2.24, 2.45) is 7.05 Å². The van der Waals surface area contributed by atoms with E-state index < -0.39 is 0 Å². The lowest BCUT2D eigenvalue weighted by Crippen LogP contribution is -2.37. The molecule has 1 N–H and O–H groups in total. The van der Waals surface area contributed by atoms with E-state index in [2.05, 4.69) is 41.2 Å². The first-order valence-corrected chi connectivity index (χ1v) is 6.01. The molecule has 0 atom stereocenters. The number of aryl methyl sites for hydroxylation is 1. The highest BCUT2D eigenvalue weighted by Gasteiger charge is 2.13. The van der Waals surface area contributed by atoms with E-state index in [4.69, 9.17) is 4.52 Å². The maximum Gasteiger partial charge on any atom is 0.238 e. The van der Waals surface area contributed by atoms with Crippen LogP contribution in [0, 0.1) is 0 Å². The maximum absolute atomic E-state index is 5.20. The van der Waals surface area contributed by atoms with Crippen LogP contribution in [0.4, 0.5) is 0 Å². The number of hydrogen-bond acceptors (Lipinski definition) is 5. The van der Waals surface area contributed by atoms with E-state index in [0.717, 1.165) is 6.54 Å². The number of hydrogen-bond donors (Lipinski definition) is 1. The van der Waals surface area contributed by atoms with Crippen molar-refractivity contribution in [3.63, 3.8) is 0 Å². The van der Waals surface area contributed by atoms with Gasteiger partial charge in [-0.05, 0) is 20.8 Å². The molecule has 18 heavy (non-hydrogen) atoms. The first-order chi connectivity index (χ1) is 8.46. The van der Waals surface area contributed by atoms with Crippen LogP contribution in [0.5, 0.6) is 0 Å². The average molecular weight is 249 g/mol. The second-order valence-corrected chi connectivity index (χ2v) is 5.30. The minimum absolute atomic E-state index is 0.0997. The van der Waals surface area contributed by atoms with E-state index >= 15 is 0 Å². The van der Waals surface area contributed by atoms with Crippen molar-refractivity contribution in [1.29, 1.82) is 0 Å². The maximum atomic E-state index is 5.20. The molecule has 2 aromatic heterocycles. The van der Waals surface area contributed by atoms with Gasteiger partial charge in [-0.3, -0.25) is 0 Å². The SMILES string of the molecule is Cn1ccnc1-c1noc(CCNC(C)(C)C)n1. The lowest BCUT2D eigenvalue weighted by Gasteiger charge is -2.19. The molecule has 0 fully saturated rings. The smallest absolute Gasteiger partial charge is 0.238 e. The fraction of sp³-hybridized carbons (Fsp3) is 0.583. The fourth-order valence-electron chi connectivity index (χ4n) is 1.57. The Balaban J connectivity index is 1.97. The quantitative estimate of drug-likeness (QED) is 0.887. The number of aromatic nitrogens is 4. The van der Waals surface area contributed by atoms with Gasteiger partial charge in [-0.1, -0.05) is 5.16 Å². The van der Waals surface area contributed by atoms with E-state index in [-0.39, 0.29) is 5.54 Å². The van der Waals surface area contributed by atoms with E-state index in [1.165, 1.54) is 0 Å². The van der Waals surface area contributed by atoms with Crippen LogP contribution in [0.3, 0.4) is 0 Å². The summed E-state index contributed by atoms with van der Waals surface area (Å²) >= 11 is 0. The summed E-state index contributed by atoms with van der Waals surface area (Å²) in [5.74, 6) is 1.88. The first kappa shape index (κ1) is 12.8. The zero-order valence-corrected chi connectivity index (χ0v) is 11.3. The molecule has 98 valence electrons. The third-order valence-corrected chi connectivity index (χ3v) is 2.48. The molecule has 0 saturated heterocycles. The molecule has 0 aliphatic heterocycles. The molecule has 2 rings (SSSR count). The third-order valence-electron chi connectivity index (χ3n) is 2.48. The van der Waals surface area contributed by atoms with Gasteiger partial charge >= 0.3 is 0 Å². The number of imidazole rings is 1. The Morgan fingerprint density at radius 2 is 2.17 bits per heavy atom. The van der Waals surface area contributed by atoms with Crippen molar-refractivity contribution in [2.75, 3.05) is 6.54 Å². The summed E-state index contributed by atoms with van der Waals surface area (Å²) in [5.41, 5.74) is 0.0997. The summed E-state index contributed by atoms with van der Waals surface area (Å²) in [5, 5.41) is 7.31. The van der Waals surface area contributed by atoms with Crippen LogP contribution in [0.15, 0.2) is 16.9 Å². The van der Waals surface area contributed by atoms with Crippen molar-refractivity contribution >= 4 is 0 Å². The summed E-state index contributed by atoms with van der Waals surface area (Å²) in [6, 6.07) is 0. The Labute approximate surface area is 106 Å². The predicted octanol–water partition coefficient (Wildman–Crippen LogP) is 1.40. The molecule has 0 aliphatic rings. The van der Waals surface area contributed by atoms with E-state index in [0.29, 0.717) is 24.0 Å². The van der Waals surface area contributed by atoms with Crippen molar-refractivity contribution in [2.45, 2.75) is 32.7 Å². The Bertz CT molecular complexity index is 509. The molecule has 0 radical (unpaired) electrons. The highest BCUT2D eigenvalue weighted by atomic mass is 16.5. The largest absolute Gasteiger partial charge is 0.339 e. The second kappa shape index (κ2) is 4.89. The summed E-state index contributed by atoms with van der Waals surface area (Å²) in [6.45, 7) is 7.19. The Morgan fingerprint density at radius 1 is 1.39 bits per heavy atom. The average Bonchev–Trinajstić information content (AvgIpc) is 2.84. The number of nitrogens with zero attached hydrogens (tertiary/aromatic N) is 4. The van der Waals surface area contributed by atoms with Gasteiger partial charge in [0.25, 0.3) is 0 Å². The van der Waals surface area contributed by atoms with Gasteiger partial charge in [0.05, 0.1) is 0 Å². The molecule has 6 heteroatoms. The topological polar surface area (TPSA) is 68.8 Å². The molecule has 0 bridgehead atoms. The number of nitrogens with one attached hydrogen (secondary N) is 1. The molecule has 0 aliphatic carbocycles. The van der Waals surface area contributed by atoms with Gasteiger partial charge in [0.2, 0.25) is 11.7 Å². The third kappa shape index (κ3) is 3.16. The molecule has 0 aromatic carbocycles. The van der Waals surface area contributed by atoms with Crippen molar-refractivity contribution < 1.29 is 4.52 Å². The highest BCUT2D eigenvalue weighted by molar-refractivity contribution is 5.42. The van der Waals surface area contributed by atoms with Gasteiger partial charge < -0.3 is 14.4 Å². The van der Waals surface area contributed by atoms with Crippen LogP contribution < -0.4 is 5.32 Å². The zero-order chi connectivity index (χ0) is 13.2. The van der Waals surface area contributed by atoms with Crippen LogP contribution >= 0.6 is 0 Å². The Morgan fingerprint density at radius 3 is 2.78 bits per heavy atom. The molecule has 0 unspecified atom stereocenters. The van der Waals surface area contributed by atoms with Gasteiger partial charge in [0, 0.05) is 37.9 Å². The van der Waals surface area contributed by atoms with E-state index in [1.807, 2.05) is 17.8 Å². The van der Waals surface area contributed by atoms with Crippen LogP contribution in [0.25, 0.3) is 11.6 Å². The van der Waals surface area contributed by atoms with Gasteiger partial charge in [-0.25, -0.2) is 4.98 Å². The highest BCUT2D eigenvalue weighted by Crippen LogP contribution is 2.12. The van der Waals surface area contributed by atoms with Gasteiger partial charge in [0.15, 0.2) is 5.82 Å². The van der Waals surface area contributed by atoms with E-state index in [9.17, 15) is 0 Å². The van der Waals surface area contributed by atoms with Crippen molar-refractivity contribution in [3.8, 4) is 11.6 Å². The van der Waals surface area contributed by atoms with Crippen LogP contribution in [0.2, 0.25) is 0 Å². The molecular weight excluding hydrogens is 230 g/mol. The van der Waals surface area contributed by atoms with Gasteiger partial charge in [-0.15, -0.1) is 0 Å². The standard InChI is InChI=1S/C12H19N5O/c1-12(2,3)14-6-5-9-15-10(16-18-9)11-13-7-8-17(11)4/h7-8,14H,5-6H2,1-4H3. The fourth-order valence-corrected chi connectivity index (χ4v) is 1.57. The zero-order valence-electron chi connectivity index (χ0n) is 11.3. The van der Waals surface area contributed by atoms with Crippen molar-refractivity contribution in [1.82, 2.24) is 25.0 Å². The summed E-state index contributed by atoms with van der Waals surface area (Å²) in [7, 11) is 1.90. The van der Waals surface area contributed by atoms with Crippen LogP contribution in [-0.4, -0.2) is 31.8 Å². The summed E-state index contributed by atoms with van der Waals surface area (Å²) < 4.78 is 7.07. The Hall–Kier alpha value is -1.69. The normalized spacial score (nSPS) is 12.0. The predicted molar refractivity (Wildman–Crippen MR) is 68.0 cm³/mol. The molecule has 0 saturated carbocycles. The van der Waals surface area contributed by atoms with Gasteiger partial charge in [0.1, 0.15) is 0 Å². The molecule has 6 nitrogen and oxygen atoms in total. The van der Waals surface area contributed by atoms with Crippen LogP contribution in [0.1, 0.15) is 26.7 Å². The lowest BCUT2D eigenvalue weighted by atomic mass is 10.1. The van der Waals surface area contributed by atoms with Gasteiger partial charge in [-0.2, -0.15) is 4.98 Å². The molecular formula is C12H19N5O. The molecule has 2 heterocycles. The molecule has 0 amide bonds. The minimum Gasteiger partial charge on any atom is -0.339 e. The lowest BCUT2D eigenvalue weighted by molar-refractivity contribution is 0.362. The molecule has 0 spiro atoms. The summed E-state index contributed by atoms with van der Waals surface area (Å²) in [6.07, 6.45) is 4.29. The van der Waals surface area contributed by atoms with E-state index in [1.54, 1.807) is 6.20 Å². The Kier molecular flexibility index (Phi) is 3.47. The second-order valence-electron chi connectivity index (χ2n) is 5.30. The number of rotatable bonds is 4.